The molecule has 3 aromatic carbocycles. The number of ether oxygens (including phenoxy) is 3. The van der Waals surface area contributed by atoms with E-state index in [1.165, 1.54) is 0 Å². The van der Waals surface area contributed by atoms with Crippen molar-refractivity contribution in [3.05, 3.63) is 90.0 Å². The highest BCUT2D eigenvalue weighted by atomic mass is 16.6. The summed E-state index contributed by atoms with van der Waals surface area (Å²) < 4.78 is 17.8. The second kappa shape index (κ2) is 14.5. The fraction of sp³-hybridized carbons (Fsp3) is 0.417. The van der Waals surface area contributed by atoms with E-state index in [1.54, 1.807) is 0 Å². The van der Waals surface area contributed by atoms with Crippen LogP contribution in [0.2, 0.25) is 0 Å². The van der Waals surface area contributed by atoms with Crippen molar-refractivity contribution in [3.8, 4) is 16.9 Å². The highest BCUT2D eigenvalue weighted by Gasteiger charge is 2.53. The molecule has 3 aromatic rings. The second-order valence-electron chi connectivity index (χ2n) is 12.5. The molecule has 1 aliphatic rings. The number of hydrogen-bond acceptors (Lipinski definition) is 7. The Balaban J connectivity index is 1.73. The molecule has 0 aliphatic carbocycles. The van der Waals surface area contributed by atoms with Crippen molar-refractivity contribution in [2.75, 3.05) is 19.8 Å². The summed E-state index contributed by atoms with van der Waals surface area (Å²) in [5.74, 6) is 0.479. The molecular weight excluding hydrogens is 556 g/mol. The van der Waals surface area contributed by atoms with E-state index >= 15 is 0 Å². The zero-order chi connectivity index (χ0) is 31.7. The number of esters is 1. The largest absolute Gasteiger partial charge is 0.494 e. The molecule has 0 aromatic heterocycles. The van der Waals surface area contributed by atoms with E-state index in [2.05, 4.69) is 5.32 Å². The van der Waals surface area contributed by atoms with Crippen molar-refractivity contribution >= 4 is 17.8 Å². The summed E-state index contributed by atoms with van der Waals surface area (Å²) in [4.78, 5) is 32.0. The van der Waals surface area contributed by atoms with Crippen LogP contribution in [0, 0.1) is 5.92 Å². The van der Waals surface area contributed by atoms with Crippen molar-refractivity contribution in [2.45, 2.75) is 71.1 Å². The Morgan fingerprint density at radius 3 is 2.20 bits per heavy atom. The van der Waals surface area contributed by atoms with Gasteiger partial charge in [0.2, 0.25) is 5.90 Å². The molecule has 4 rings (SSSR count). The number of nitrogens with zero attached hydrogens (tertiary/aromatic N) is 1. The molecule has 1 amide bonds. The van der Waals surface area contributed by atoms with Crippen molar-refractivity contribution in [2.24, 2.45) is 10.9 Å². The van der Waals surface area contributed by atoms with E-state index in [4.69, 9.17) is 24.3 Å². The third kappa shape index (κ3) is 8.47. The molecular formula is C36H44N2O6. The van der Waals surface area contributed by atoms with Gasteiger partial charge in [0.25, 0.3) is 5.91 Å². The van der Waals surface area contributed by atoms with Crippen molar-refractivity contribution < 1.29 is 28.9 Å². The molecule has 1 heterocycles. The molecule has 2 N–H and O–H groups in total. The summed E-state index contributed by atoms with van der Waals surface area (Å²) in [6.45, 7) is 10.4. The molecule has 234 valence electrons. The Hall–Kier alpha value is -4.17. The van der Waals surface area contributed by atoms with Gasteiger partial charge in [-0.1, -0.05) is 68.4 Å². The predicted molar refractivity (Wildman–Crippen MR) is 172 cm³/mol. The number of carbonyl (C=O) groups excluding carboxylic acids is 2. The van der Waals surface area contributed by atoms with E-state index in [9.17, 15) is 9.59 Å². The quantitative estimate of drug-likeness (QED) is 0.177. The van der Waals surface area contributed by atoms with Crippen LogP contribution in [0.5, 0.6) is 5.75 Å². The average Bonchev–Trinajstić information content (AvgIpc) is 3.40. The Bertz CT molecular complexity index is 1410. The summed E-state index contributed by atoms with van der Waals surface area (Å²) in [6, 6.07) is 25.3. The lowest BCUT2D eigenvalue weighted by molar-refractivity contribution is -0.155. The van der Waals surface area contributed by atoms with Crippen LogP contribution in [0.15, 0.2) is 83.9 Å². The molecule has 2 atom stereocenters. The molecule has 0 unspecified atom stereocenters. The standard InChI is InChI=1S/C36H44N2O6/c1-25(2)24-37-34(41)36(21-20-31(40)44-35(3,4)5)32(28-14-12-27(13-15-28)26-10-7-6-8-11-26)43-33(38-36)29-16-18-30(19-17-29)42-23-9-22-39/h6-8,10-19,25,32,39H,9,20-24H2,1-5H3,(H,37,41)/t32-,36-/m1/s1. The number of rotatable bonds is 13. The number of aliphatic hydroxyl groups is 1. The summed E-state index contributed by atoms with van der Waals surface area (Å²) in [5.41, 5.74) is 1.51. The summed E-state index contributed by atoms with van der Waals surface area (Å²) in [5, 5.41) is 12.1. The van der Waals surface area contributed by atoms with Gasteiger partial charge in [-0.3, -0.25) is 9.59 Å². The molecule has 0 spiro atoms. The van der Waals surface area contributed by atoms with Gasteiger partial charge in [-0.25, -0.2) is 4.99 Å². The van der Waals surface area contributed by atoms with Crippen LogP contribution in [-0.4, -0.2) is 53.8 Å². The number of amides is 1. The van der Waals surface area contributed by atoms with Crippen LogP contribution in [0.3, 0.4) is 0 Å². The zero-order valence-electron chi connectivity index (χ0n) is 26.3. The van der Waals surface area contributed by atoms with E-state index < -0.39 is 23.2 Å². The van der Waals surface area contributed by atoms with Gasteiger partial charge < -0.3 is 24.6 Å². The summed E-state index contributed by atoms with van der Waals surface area (Å²) >= 11 is 0. The minimum Gasteiger partial charge on any atom is -0.494 e. The highest BCUT2D eigenvalue weighted by molar-refractivity contribution is 6.01. The molecule has 1 aliphatic heterocycles. The molecule has 0 saturated heterocycles. The Morgan fingerprint density at radius 1 is 0.955 bits per heavy atom. The van der Waals surface area contributed by atoms with Gasteiger partial charge in [0.05, 0.1) is 6.61 Å². The zero-order valence-corrected chi connectivity index (χ0v) is 26.3. The van der Waals surface area contributed by atoms with Gasteiger partial charge in [0, 0.05) is 31.6 Å². The number of aliphatic hydroxyl groups excluding tert-OH is 1. The van der Waals surface area contributed by atoms with Gasteiger partial charge in [-0.2, -0.15) is 0 Å². The van der Waals surface area contributed by atoms with Crippen molar-refractivity contribution in [1.82, 2.24) is 5.32 Å². The summed E-state index contributed by atoms with van der Waals surface area (Å²) in [6.07, 6.45) is -0.156. The van der Waals surface area contributed by atoms with E-state index in [-0.39, 0.29) is 31.3 Å². The van der Waals surface area contributed by atoms with Gasteiger partial charge in [0.1, 0.15) is 11.4 Å². The fourth-order valence-corrected chi connectivity index (χ4v) is 4.99. The maximum atomic E-state index is 14.1. The number of carbonyl (C=O) groups is 2. The molecule has 0 radical (unpaired) electrons. The lowest BCUT2D eigenvalue weighted by atomic mass is 9.83. The molecule has 8 heteroatoms. The first-order valence-electron chi connectivity index (χ1n) is 15.3. The Morgan fingerprint density at radius 2 is 1.59 bits per heavy atom. The predicted octanol–water partition coefficient (Wildman–Crippen LogP) is 6.27. The van der Waals surface area contributed by atoms with Crippen LogP contribution in [0.25, 0.3) is 11.1 Å². The van der Waals surface area contributed by atoms with Crippen LogP contribution < -0.4 is 10.1 Å². The van der Waals surface area contributed by atoms with Gasteiger partial charge >= 0.3 is 5.97 Å². The summed E-state index contributed by atoms with van der Waals surface area (Å²) in [7, 11) is 0. The normalized spacial score (nSPS) is 18.0. The average molecular weight is 601 g/mol. The molecule has 44 heavy (non-hydrogen) atoms. The number of nitrogens with one attached hydrogen (secondary N) is 1. The lowest BCUT2D eigenvalue weighted by Crippen LogP contribution is -2.49. The molecule has 0 fully saturated rings. The van der Waals surface area contributed by atoms with Gasteiger partial charge in [-0.05, 0) is 74.1 Å². The third-order valence-corrected chi connectivity index (χ3v) is 7.15. The van der Waals surface area contributed by atoms with E-state index in [0.29, 0.717) is 36.8 Å². The number of aliphatic imine (C=N–C) groups is 1. The maximum Gasteiger partial charge on any atom is 0.306 e. The first-order chi connectivity index (χ1) is 21.0. The Kier molecular flexibility index (Phi) is 10.8. The third-order valence-electron chi connectivity index (χ3n) is 7.15. The van der Waals surface area contributed by atoms with E-state index in [1.807, 2.05) is 113 Å². The van der Waals surface area contributed by atoms with Gasteiger partial charge in [0.15, 0.2) is 11.6 Å². The van der Waals surface area contributed by atoms with Crippen LogP contribution in [0.4, 0.5) is 0 Å². The monoisotopic (exact) mass is 600 g/mol. The number of benzene rings is 3. The first-order valence-corrected chi connectivity index (χ1v) is 15.3. The second-order valence-corrected chi connectivity index (χ2v) is 12.5. The first kappa shape index (κ1) is 32.7. The highest BCUT2D eigenvalue weighted by Crippen LogP contribution is 2.44. The molecule has 0 saturated carbocycles. The minimum atomic E-state index is -1.41. The fourth-order valence-electron chi connectivity index (χ4n) is 4.99. The molecule has 8 nitrogen and oxygen atoms in total. The van der Waals surface area contributed by atoms with E-state index in [0.717, 1.165) is 16.7 Å². The number of hydrogen-bond donors (Lipinski definition) is 2. The lowest BCUT2D eigenvalue weighted by Gasteiger charge is -2.31. The minimum absolute atomic E-state index is 0.0112. The Labute approximate surface area is 260 Å². The van der Waals surface area contributed by atoms with Crippen LogP contribution in [-0.2, 0) is 19.1 Å². The van der Waals surface area contributed by atoms with Gasteiger partial charge in [-0.15, -0.1) is 0 Å². The van der Waals surface area contributed by atoms with Crippen molar-refractivity contribution in [1.29, 1.82) is 0 Å². The smallest absolute Gasteiger partial charge is 0.306 e. The topological polar surface area (TPSA) is 106 Å². The van der Waals surface area contributed by atoms with Crippen LogP contribution in [0.1, 0.15) is 71.1 Å². The SMILES string of the molecule is CC(C)CNC(=O)[C@]1(CCC(=O)OC(C)(C)C)N=C(c2ccc(OCCCO)cc2)O[C@@H]1c1ccc(-c2ccccc2)cc1. The van der Waals surface area contributed by atoms with Crippen LogP contribution >= 0.6 is 0 Å². The molecule has 0 bridgehead atoms. The van der Waals surface area contributed by atoms with Crippen molar-refractivity contribution in [3.63, 3.8) is 0 Å². The maximum absolute atomic E-state index is 14.1.